The first-order valence-electron chi connectivity index (χ1n) is 8.70. The van der Waals surface area contributed by atoms with E-state index in [1.54, 1.807) is 17.4 Å². The van der Waals surface area contributed by atoms with Gasteiger partial charge in [-0.05, 0) is 29.1 Å². The molecular weight excluding hydrogens is 364 g/mol. The van der Waals surface area contributed by atoms with Crippen LogP contribution in [0.1, 0.15) is 5.56 Å². The highest BCUT2D eigenvalue weighted by atomic mass is 32.1. The highest BCUT2D eigenvalue weighted by Crippen LogP contribution is 2.41. The molecule has 2 aromatic carbocycles. The summed E-state index contributed by atoms with van der Waals surface area (Å²) in [4.78, 5) is 13.9. The molecule has 0 unspecified atom stereocenters. The summed E-state index contributed by atoms with van der Waals surface area (Å²) < 4.78 is 6.85. The fourth-order valence-electron chi connectivity index (χ4n) is 3.36. The number of carbonyl (C=O) groups is 1. The SMILES string of the molecule is NC[C@H](O)C(=O)N1CCOc2c(O)cc(-c3csc4ccccc34)cc2C1. The summed E-state index contributed by atoms with van der Waals surface area (Å²) in [5, 5.41) is 23.5. The van der Waals surface area contributed by atoms with Crippen molar-refractivity contribution in [3.8, 4) is 22.6 Å². The second-order valence-corrected chi connectivity index (χ2v) is 7.40. The molecular formula is C20H20N2O4S. The van der Waals surface area contributed by atoms with Crippen LogP contribution < -0.4 is 10.5 Å². The van der Waals surface area contributed by atoms with Crippen molar-refractivity contribution in [3.63, 3.8) is 0 Å². The van der Waals surface area contributed by atoms with Crippen LogP contribution in [0.3, 0.4) is 0 Å². The molecule has 27 heavy (non-hydrogen) atoms. The molecule has 0 fully saturated rings. The predicted octanol–water partition coefficient (Wildman–Crippen LogP) is 2.31. The van der Waals surface area contributed by atoms with Gasteiger partial charge in [0.25, 0.3) is 5.91 Å². The van der Waals surface area contributed by atoms with Gasteiger partial charge in [0.1, 0.15) is 12.7 Å². The van der Waals surface area contributed by atoms with Crippen molar-refractivity contribution < 1.29 is 19.7 Å². The molecule has 3 aromatic rings. The molecule has 0 saturated carbocycles. The van der Waals surface area contributed by atoms with Gasteiger partial charge in [0.05, 0.1) is 6.54 Å². The van der Waals surface area contributed by atoms with Gasteiger partial charge in [-0.15, -0.1) is 11.3 Å². The van der Waals surface area contributed by atoms with Crippen LogP contribution in [-0.4, -0.2) is 46.8 Å². The van der Waals surface area contributed by atoms with Crippen LogP contribution in [0.25, 0.3) is 21.2 Å². The summed E-state index contributed by atoms with van der Waals surface area (Å²) in [7, 11) is 0. The lowest BCUT2D eigenvalue weighted by atomic mass is 10.0. The van der Waals surface area contributed by atoms with Crippen molar-refractivity contribution in [3.05, 3.63) is 47.3 Å². The van der Waals surface area contributed by atoms with Crippen molar-refractivity contribution in [2.75, 3.05) is 19.7 Å². The number of benzene rings is 2. The van der Waals surface area contributed by atoms with E-state index in [9.17, 15) is 15.0 Å². The Morgan fingerprint density at radius 1 is 1.33 bits per heavy atom. The largest absolute Gasteiger partial charge is 0.504 e. The van der Waals surface area contributed by atoms with Gasteiger partial charge in [0, 0.05) is 34.3 Å². The van der Waals surface area contributed by atoms with Gasteiger partial charge in [-0.3, -0.25) is 4.79 Å². The number of nitrogens with zero attached hydrogens (tertiary/aromatic N) is 1. The Morgan fingerprint density at radius 2 is 2.15 bits per heavy atom. The molecule has 4 rings (SSSR count). The topological polar surface area (TPSA) is 96.0 Å². The van der Waals surface area contributed by atoms with E-state index in [1.165, 1.54) is 9.60 Å². The quantitative estimate of drug-likeness (QED) is 0.644. The molecule has 1 aromatic heterocycles. The Balaban J connectivity index is 1.75. The Labute approximate surface area is 160 Å². The zero-order valence-corrected chi connectivity index (χ0v) is 15.4. The van der Waals surface area contributed by atoms with Crippen molar-refractivity contribution in [1.82, 2.24) is 4.90 Å². The predicted molar refractivity (Wildman–Crippen MR) is 105 cm³/mol. The number of carbonyl (C=O) groups excluding carboxylic acids is 1. The summed E-state index contributed by atoms with van der Waals surface area (Å²) in [5.74, 6) is 0.00195. The molecule has 0 radical (unpaired) electrons. The lowest BCUT2D eigenvalue weighted by Gasteiger charge is -2.22. The van der Waals surface area contributed by atoms with E-state index in [-0.39, 0.29) is 25.4 Å². The standard InChI is InChI=1S/C20H20N2O4S/c21-9-17(24)20(25)22-5-6-26-19-13(10-22)7-12(8-16(19)23)15-11-27-18-4-2-1-3-14(15)18/h1-4,7-8,11,17,23-24H,5-6,9-10,21H2/t17-/m0/s1. The summed E-state index contributed by atoms with van der Waals surface area (Å²) in [6.07, 6.45) is -1.23. The fraction of sp³-hybridized carbons (Fsp3) is 0.250. The third-order valence-corrected chi connectivity index (χ3v) is 5.69. The number of hydrogen-bond donors (Lipinski definition) is 3. The molecule has 140 valence electrons. The molecule has 7 heteroatoms. The number of amides is 1. The van der Waals surface area contributed by atoms with E-state index in [0.29, 0.717) is 17.9 Å². The summed E-state index contributed by atoms with van der Waals surface area (Å²) in [6, 6.07) is 11.7. The van der Waals surface area contributed by atoms with Gasteiger partial charge in [-0.25, -0.2) is 0 Å². The lowest BCUT2D eigenvalue weighted by Crippen LogP contribution is -2.43. The van der Waals surface area contributed by atoms with E-state index >= 15 is 0 Å². The van der Waals surface area contributed by atoms with Crippen molar-refractivity contribution in [1.29, 1.82) is 0 Å². The number of aliphatic hydroxyl groups excluding tert-OH is 1. The van der Waals surface area contributed by atoms with Gasteiger partial charge < -0.3 is 25.6 Å². The maximum atomic E-state index is 12.3. The third kappa shape index (κ3) is 3.25. The van der Waals surface area contributed by atoms with E-state index in [0.717, 1.165) is 16.5 Å². The monoisotopic (exact) mass is 384 g/mol. The van der Waals surface area contributed by atoms with E-state index in [1.807, 2.05) is 24.3 Å². The number of fused-ring (bicyclic) bond motifs is 2. The summed E-state index contributed by atoms with van der Waals surface area (Å²) >= 11 is 1.64. The molecule has 0 aliphatic carbocycles. The van der Waals surface area contributed by atoms with E-state index in [4.69, 9.17) is 10.5 Å². The van der Waals surface area contributed by atoms with Crippen LogP contribution in [0.5, 0.6) is 11.5 Å². The highest BCUT2D eigenvalue weighted by molar-refractivity contribution is 7.17. The maximum absolute atomic E-state index is 12.3. The summed E-state index contributed by atoms with van der Waals surface area (Å²) in [6.45, 7) is 0.676. The fourth-order valence-corrected chi connectivity index (χ4v) is 4.33. The normalized spacial score (nSPS) is 15.1. The minimum Gasteiger partial charge on any atom is -0.504 e. The van der Waals surface area contributed by atoms with Crippen LogP contribution in [0.4, 0.5) is 0 Å². The first-order valence-corrected chi connectivity index (χ1v) is 9.58. The minimum atomic E-state index is -1.23. The Hall–Kier alpha value is -2.61. The Kier molecular flexibility index (Phi) is 4.73. The number of aromatic hydroxyl groups is 1. The van der Waals surface area contributed by atoms with Gasteiger partial charge in [0.2, 0.25) is 0 Å². The number of thiophene rings is 1. The number of hydrogen-bond acceptors (Lipinski definition) is 6. The molecule has 0 saturated heterocycles. The van der Waals surface area contributed by atoms with Gasteiger partial charge in [-0.2, -0.15) is 0 Å². The minimum absolute atomic E-state index is 0.0476. The average molecular weight is 384 g/mol. The zero-order valence-electron chi connectivity index (χ0n) is 14.6. The second-order valence-electron chi connectivity index (χ2n) is 6.49. The molecule has 1 atom stereocenters. The highest BCUT2D eigenvalue weighted by Gasteiger charge is 2.26. The van der Waals surface area contributed by atoms with Crippen LogP contribution in [0.15, 0.2) is 41.8 Å². The van der Waals surface area contributed by atoms with Crippen LogP contribution in [0.2, 0.25) is 0 Å². The van der Waals surface area contributed by atoms with Crippen molar-refractivity contribution in [2.24, 2.45) is 5.73 Å². The first kappa shape index (κ1) is 17.8. The van der Waals surface area contributed by atoms with Crippen molar-refractivity contribution >= 4 is 27.3 Å². The zero-order chi connectivity index (χ0) is 19.0. The average Bonchev–Trinajstić information content (AvgIpc) is 2.99. The number of ether oxygens (including phenoxy) is 1. The maximum Gasteiger partial charge on any atom is 0.253 e. The number of rotatable bonds is 3. The molecule has 1 amide bonds. The Morgan fingerprint density at radius 3 is 2.96 bits per heavy atom. The Bertz CT molecular complexity index is 1000. The second kappa shape index (κ2) is 7.19. The van der Waals surface area contributed by atoms with Crippen molar-refractivity contribution in [2.45, 2.75) is 12.6 Å². The van der Waals surface area contributed by atoms with Crippen LogP contribution >= 0.6 is 11.3 Å². The molecule has 1 aliphatic heterocycles. The molecule has 4 N–H and O–H groups in total. The molecule has 2 heterocycles. The van der Waals surface area contributed by atoms with E-state index in [2.05, 4.69) is 11.4 Å². The number of nitrogens with two attached hydrogens (primary N) is 1. The van der Waals surface area contributed by atoms with E-state index < -0.39 is 12.0 Å². The van der Waals surface area contributed by atoms with Crippen LogP contribution in [-0.2, 0) is 11.3 Å². The lowest BCUT2D eigenvalue weighted by molar-refractivity contribution is -0.140. The van der Waals surface area contributed by atoms with Gasteiger partial charge in [-0.1, -0.05) is 18.2 Å². The number of phenolic OH excluding ortho intramolecular Hbond substituents is 1. The molecule has 6 nitrogen and oxygen atoms in total. The molecule has 0 spiro atoms. The number of aliphatic hydroxyl groups is 1. The van der Waals surface area contributed by atoms with Gasteiger partial charge >= 0.3 is 0 Å². The molecule has 0 bridgehead atoms. The summed E-state index contributed by atoms with van der Waals surface area (Å²) in [5.41, 5.74) is 8.00. The smallest absolute Gasteiger partial charge is 0.253 e. The van der Waals surface area contributed by atoms with Gasteiger partial charge in [0.15, 0.2) is 11.5 Å². The van der Waals surface area contributed by atoms with Crippen LogP contribution in [0, 0.1) is 0 Å². The molecule has 1 aliphatic rings. The third-order valence-electron chi connectivity index (χ3n) is 4.73. The number of phenols is 1. The first-order chi connectivity index (χ1) is 13.1.